The first-order chi connectivity index (χ1) is 9.33. The lowest BCUT2D eigenvalue weighted by Gasteiger charge is -2.29. The number of carboxylic acids is 1. The standard InChI is InChI=1S/C13H24N2O4S/c1-10(5-8-20(2)19)14-12(18)15-13(9-11(16)17)6-3-4-7-13/h10H,3-9H2,1-2H3,(H,16,17)(H2,14,15,18). The molecule has 2 unspecified atom stereocenters. The van der Waals surface area contributed by atoms with Crippen molar-refractivity contribution < 1.29 is 18.9 Å². The molecule has 0 heterocycles. The minimum Gasteiger partial charge on any atom is -0.481 e. The van der Waals surface area contributed by atoms with Crippen LogP contribution in [-0.4, -0.2) is 44.9 Å². The second-order valence-electron chi connectivity index (χ2n) is 5.62. The SMILES string of the molecule is CC(CCS(C)=O)NC(=O)NC1(CC(=O)O)CCCC1. The maximum atomic E-state index is 11.9. The van der Waals surface area contributed by atoms with E-state index in [0.29, 0.717) is 25.0 Å². The maximum absolute atomic E-state index is 11.9. The van der Waals surface area contributed by atoms with Gasteiger partial charge in [0, 0.05) is 28.9 Å². The quantitative estimate of drug-likeness (QED) is 0.659. The first-order valence-electron chi connectivity index (χ1n) is 6.93. The zero-order valence-electron chi connectivity index (χ0n) is 12.1. The van der Waals surface area contributed by atoms with Crippen LogP contribution in [-0.2, 0) is 15.6 Å². The van der Waals surface area contributed by atoms with E-state index in [-0.39, 0.29) is 18.5 Å². The summed E-state index contributed by atoms with van der Waals surface area (Å²) in [7, 11) is -0.870. The molecule has 1 aliphatic rings. The van der Waals surface area contributed by atoms with Crippen LogP contribution in [0.3, 0.4) is 0 Å². The predicted molar refractivity (Wildman–Crippen MR) is 78.1 cm³/mol. The summed E-state index contributed by atoms with van der Waals surface area (Å²) < 4.78 is 11.0. The van der Waals surface area contributed by atoms with E-state index in [1.807, 2.05) is 6.92 Å². The highest BCUT2D eigenvalue weighted by atomic mass is 32.2. The minimum atomic E-state index is -0.887. The Morgan fingerprint density at radius 3 is 2.45 bits per heavy atom. The van der Waals surface area contributed by atoms with Crippen molar-refractivity contribution >= 4 is 22.8 Å². The maximum Gasteiger partial charge on any atom is 0.315 e. The zero-order chi connectivity index (χ0) is 15.2. The molecule has 0 aromatic carbocycles. The van der Waals surface area contributed by atoms with Gasteiger partial charge in [0.25, 0.3) is 0 Å². The Morgan fingerprint density at radius 2 is 1.95 bits per heavy atom. The fourth-order valence-corrected chi connectivity index (χ4v) is 3.29. The third kappa shape index (κ3) is 5.90. The van der Waals surface area contributed by atoms with Crippen molar-refractivity contribution in [3.8, 4) is 0 Å². The number of carboxylic acid groups (broad SMARTS) is 1. The summed E-state index contributed by atoms with van der Waals surface area (Å²) in [4.78, 5) is 22.9. The van der Waals surface area contributed by atoms with Gasteiger partial charge in [0.2, 0.25) is 0 Å². The molecule has 7 heteroatoms. The summed E-state index contributed by atoms with van der Waals surface area (Å²) in [5.74, 6) is -0.344. The van der Waals surface area contributed by atoms with Crippen LogP contribution in [0.1, 0.15) is 45.4 Å². The first kappa shape index (κ1) is 16.9. The molecule has 2 atom stereocenters. The van der Waals surface area contributed by atoms with Gasteiger partial charge in [-0.15, -0.1) is 0 Å². The van der Waals surface area contributed by atoms with Crippen molar-refractivity contribution in [1.29, 1.82) is 0 Å². The number of urea groups is 1. The van der Waals surface area contributed by atoms with Gasteiger partial charge in [0.1, 0.15) is 0 Å². The fraction of sp³-hybridized carbons (Fsp3) is 0.846. The van der Waals surface area contributed by atoms with Gasteiger partial charge < -0.3 is 15.7 Å². The van der Waals surface area contributed by atoms with Crippen LogP contribution in [0.15, 0.2) is 0 Å². The molecule has 1 saturated carbocycles. The highest BCUT2D eigenvalue weighted by molar-refractivity contribution is 7.84. The fourth-order valence-electron chi connectivity index (χ4n) is 2.60. The van der Waals surface area contributed by atoms with E-state index in [0.717, 1.165) is 12.8 Å². The molecule has 0 aromatic rings. The van der Waals surface area contributed by atoms with Crippen LogP contribution in [0.2, 0.25) is 0 Å². The largest absolute Gasteiger partial charge is 0.481 e. The number of rotatable bonds is 7. The molecule has 1 rings (SSSR count). The van der Waals surface area contributed by atoms with Gasteiger partial charge in [0.15, 0.2) is 0 Å². The molecular weight excluding hydrogens is 280 g/mol. The topological polar surface area (TPSA) is 95.5 Å². The second-order valence-corrected chi connectivity index (χ2v) is 7.18. The smallest absolute Gasteiger partial charge is 0.315 e. The molecule has 3 N–H and O–H groups in total. The number of carbonyl (C=O) groups excluding carboxylic acids is 1. The van der Waals surface area contributed by atoms with Crippen molar-refractivity contribution in [2.24, 2.45) is 0 Å². The van der Waals surface area contributed by atoms with Gasteiger partial charge in [-0.3, -0.25) is 9.00 Å². The summed E-state index contributed by atoms with van der Waals surface area (Å²) in [5, 5.41) is 14.6. The molecule has 116 valence electrons. The first-order valence-corrected chi connectivity index (χ1v) is 8.66. The lowest BCUT2D eigenvalue weighted by Crippen LogP contribution is -2.53. The number of aliphatic carboxylic acids is 1. The van der Waals surface area contributed by atoms with E-state index in [9.17, 15) is 13.8 Å². The van der Waals surface area contributed by atoms with Crippen LogP contribution < -0.4 is 10.6 Å². The molecule has 6 nitrogen and oxygen atoms in total. The average molecular weight is 304 g/mol. The summed E-state index contributed by atoms with van der Waals surface area (Å²) in [5.41, 5.74) is -0.608. The molecule has 0 aliphatic heterocycles. The Labute approximate surface area is 122 Å². The van der Waals surface area contributed by atoms with Gasteiger partial charge in [-0.25, -0.2) is 4.79 Å². The molecule has 1 aliphatic carbocycles. The molecule has 0 bridgehead atoms. The lowest BCUT2D eigenvalue weighted by atomic mass is 9.93. The summed E-state index contributed by atoms with van der Waals surface area (Å²) >= 11 is 0. The Balaban J connectivity index is 2.46. The summed E-state index contributed by atoms with van der Waals surface area (Å²) in [6.07, 6.45) is 5.54. The van der Waals surface area contributed by atoms with Gasteiger partial charge in [-0.05, 0) is 26.2 Å². The lowest BCUT2D eigenvalue weighted by molar-refractivity contribution is -0.138. The third-order valence-electron chi connectivity index (χ3n) is 3.64. The molecule has 20 heavy (non-hydrogen) atoms. The average Bonchev–Trinajstić information content (AvgIpc) is 2.73. The van der Waals surface area contributed by atoms with E-state index in [1.54, 1.807) is 6.26 Å². The van der Waals surface area contributed by atoms with E-state index in [2.05, 4.69) is 10.6 Å². The van der Waals surface area contributed by atoms with Crippen LogP contribution in [0, 0.1) is 0 Å². The van der Waals surface area contributed by atoms with Crippen LogP contribution in [0.25, 0.3) is 0 Å². The molecule has 1 fully saturated rings. The van der Waals surface area contributed by atoms with E-state index in [1.165, 1.54) is 0 Å². The zero-order valence-corrected chi connectivity index (χ0v) is 12.9. The van der Waals surface area contributed by atoms with E-state index < -0.39 is 22.3 Å². The van der Waals surface area contributed by atoms with Crippen LogP contribution in [0.4, 0.5) is 4.79 Å². The van der Waals surface area contributed by atoms with Crippen molar-refractivity contribution in [2.45, 2.75) is 57.0 Å². The number of nitrogens with one attached hydrogen (secondary N) is 2. The number of amides is 2. The van der Waals surface area contributed by atoms with Gasteiger partial charge in [-0.1, -0.05) is 12.8 Å². The Hall–Kier alpha value is -1.11. The van der Waals surface area contributed by atoms with Crippen molar-refractivity contribution in [3.05, 3.63) is 0 Å². The number of hydrogen-bond donors (Lipinski definition) is 3. The van der Waals surface area contributed by atoms with Crippen molar-refractivity contribution in [1.82, 2.24) is 10.6 Å². The molecule has 0 aromatic heterocycles. The highest BCUT2D eigenvalue weighted by Crippen LogP contribution is 2.32. The summed E-state index contributed by atoms with van der Waals surface area (Å²) in [6, 6.07) is -0.412. The van der Waals surface area contributed by atoms with Crippen LogP contribution in [0.5, 0.6) is 0 Å². The normalized spacial score (nSPS) is 20.1. The molecule has 0 spiro atoms. The Bertz CT molecular complexity index is 381. The molecule has 0 radical (unpaired) electrons. The van der Waals surface area contributed by atoms with Gasteiger partial charge >= 0.3 is 12.0 Å². The predicted octanol–water partition coefficient (Wildman–Crippen LogP) is 1.23. The van der Waals surface area contributed by atoms with Gasteiger partial charge in [0.05, 0.1) is 12.0 Å². The number of hydrogen-bond acceptors (Lipinski definition) is 3. The van der Waals surface area contributed by atoms with Crippen molar-refractivity contribution in [3.63, 3.8) is 0 Å². The third-order valence-corrected chi connectivity index (χ3v) is 4.46. The molecule has 2 amide bonds. The minimum absolute atomic E-state index is 0.0340. The number of carbonyl (C=O) groups is 2. The van der Waals surface area contributed by atoms with Crippen LogP contribution >= 0.6 is 0 Å². The molecular formula is C13H24N2O4S. The Morgan fingerprint density at radius 1 is 1.35 bits per heavy atom. The molecule has 0 saturated heterocycles. The highest BCUT2D eigenvalue weighted by Gasteiger charge is 2.37. The van der Waals surface area contributed by atoms with E-state index >= 15 is 0 Å². The Kier molecular flexibility index (Phi) is 6.45. The van der Waals surface area contributed by atoms with Gasteiger partial charge in [-0.2, -0.15) is 0 Å². The monoisotopic (exact) mass is 304 g/mol. The van der Waals surface area contributed by atoms with Crippen molar-refractivity contribution in [2.75, 3.05) is 12.0 Å². The summed E-state index contributed by atoms with van der Waals surface area (Å²) in [6.45, 7) is 1.85. The second kappa shape index (κ2) is 7.61. The van der Waals surface area contributed by atoms with E-state index in [4.69, 9.17) is 5.11 Å².